The van der Waals surface area contributed by atoms with Crippen molar-refractivity contribution in [2.75, 3.05) is 0 Å². The molecule has 0 aliphatic heterocycles. The van der Waals surface area contributed by atoms with Gasteiger partial charge in [-0.15, -0.1) is 0 Å². The third kappa shape index (κ3) is 6.13. The zero-order valence-corrected chi connectivity index (χ0v) is 11.3. The highest BCUT2D eigenvalue weighted by Gasteiger charge is 2.05. The molecule has 0 aliphatic carbocycles. The Labute approximate surface area is 109 Å². The number of halogens is 2. The van der Waals surface area contributed by atoms with E-state index < -0.39 is 6.43 Å². The van der Waals surface area contributed by atoms with E-state index in [1.165, 1.54) is 50.5 Å². The Balaban J connectivity index is 2.12. The summed E-state index contributed by atoms with van der Waals surface area (Å²) in [6.07, 6.45) is 7.69. The Morgan fingerprint density at radius 2 is 1.39 bits per heavy atom. The van der Waals surface area contributed by atoms with Gasteiger partial charge in [-0.2, -0.15) is 0 Å². The molecule has 0 unspecified atom stereocenters. The monoisotopic (exact) mass is 254 g/mol. The normalized spacial score (nSPS) is 11.1. The quantitative estimate of drug-likeness (QED) is 0.480. The molecule has 0 saturated carbocycles. The van der Waals surface area contributed by atoms with Gasteiger partial charge >= 0.3 is 0 Å². The lowest BCUT2D eigenvalue weighted by Crippen LogP contribution is -1.89. The molecule has 18 heavy (non-hydrogen) atoms. The minimum absolute atomic E-state index is 0.123. The van der Waals surface area contributed by atoms with Crippen LogP contribution in [0.5, 0.6) is 0 Å². The molecular weight excluding hydrogens is 230 g/mol. The molecule has 0 N–H and O–H groups in total. The van der Waals surface area contributed by atoms with E-state index in [1.54, 1.807) is 12.1 Å². The molecule has 0 spiro atoms. The van der Waals surface area contributed by atoms with Crippen LogP contribution in [0.4, 0.5) is 8.78 Å². The molecule has 2 heteroatoms. The molecule has 1 aromatic rings. The van der Waals surface area contributed by atoms with E-state index in [-0.39, 0.29) is 5.56 Å². The predicted octanol–water partition coefficient (Wildman–Crippen LogP) is 5.92. The maximum absolute atomic E-state index is 12.4. The fourth-order valence-corrected chi connectivity index (χ4v) is 2.12. The number of benzene rings is 1. The maximum Gasteiger partial charge on any atom is 0.263 e. The number of hydrogen-bond acceptors (Lipinski definition) is 0. The average Bonchev–Trinajstić information content (AvgIpc) is 2.38. The first-order valence-corrected chi connectivity index (χ1v) is 7.11. The molecule has 0 radical (unpaired) electrons. The van der Waals surface area contributed by atoms with Crippen LogP contribution < -0.4 is 0 Å². The number of unbranched alkanes of at least 4 members (excludes halogenated alkanes) is 6. The molecule has 0 atom stereocenters. The summed E-state index contributed by atoms with van der Waals surface area (Å²) in [6, 6.07) is 6.75. The summed E-state index contributed by atoms with van der Waals surface area (Å²) in [7, 11) is 0. The first-order valence-electron chi connectivity index (χ1n) is 7.11. The van der Waals surface area contributed by atoms with Crippen LogP contribution in [0.2, 0.25) is 0 Å². The molecule has 0 amide bonds. The highest BCUT2D eigenvalue weighted by molar-refractivity contribution is 5.23. The van der Waals surface area contributed by atoms with Gasteiger partial charge in [-0.1, -0.05) is 69.7 Å². The Kier molecular flexibility index (Phi) is 7.63. The minimum Gasteiger partial charge on any atom is -0.205 e. The zero-order chi connectivity index (χ0) is 13.2. The first kappa shape index (κ1) is 15.1. The predicted molar refractivity (Wildman–Crippen MR) is 73.1 cm³/mol. The van der Waals surface area contributed by atoms with Crippen molar-refractivity contribution in [3.8, 4) is 0 Å². The lowest BCUT2D eigenvalue weighted by atomic mass is 10.0. The van der Waals surface area contributed by atoms with Gasteiger partial charge in [0.1, 0.15) is 0 Å². The number of rotatable bonds is 9. The first-order chi connectivity index (χ1) is 8.74. The summed E-state index contributed by atoms with van der Waals surface area (Å²) >= 11 is 0. The van der Waals surface area contributed by atoms with Gasteiger partial charge in [0.25, 0.3) is 6.43 Å². The summed E-state index contributed by atoms with van der Waals surface area (Å²) in [6.45, 7) is 2.23. The Morgan fingerprint density at radius 1 is 0.833 bits per heavy atom. The van der Waals surface area contributed by atoms with Gasteiger partial charge in [-0.25, -0.2) is 8.78 Å². The van der Waals surface area contributed by atoms with Crippen LogP contribution in [0.3, 0.4) is 0 Å². The van der Waals surface area contributed by atoms with Crippen LogP contribution in [-0.2, 0) is 6.42 Å². The van der Waals surface area contributed by atoms with E-state index in [0.717, 1.165) is 6.42 Å². The largest absolute Gasteiger partial charge is 0.263 e. The molecule has 1 rings (SSSR count). The van der Waals surface area contributed by atoms with Gasteiger partial charge in [0.05, 0.1) is 0 Å². The molecule has 0 bridgehead atoms. The lowest BCUT2D eigenvalue weighted by Gasteiger charge is -2.04. The van der Waals surface area contributed by atoms with Gasteiger partial charge < -0.3 is 0 Å². The Morgan fingerprint density at radius 3 is 1.94 bits per heavy atom. The van der Waals surface area contributed by atoms with Crippen molar-refractivity contribution in [3.63, 3.8) is 0 Å². The summed E-state index contributed by atoms with van der Waals surface area (Å²) in [5, 5.41) is 0. The third-order valence-electron chi connectivity index (χ3n) is 3.30. The van der Waals surface area contributed by atoms with Crippen molar-refractivity contribution < 1.29 is 8.78 Å². The zero-order valence-electron chi connectivity index (χ0n) is 11.3. The topological polar surface area (TPSA) is 0 Å². The second-order valence-electron chi connectivity index (χ2n) is 4.91. The van der Waals surface area contributed by atoms with Gasteiger partial charge in [0.2, 0.25) is 0 Å². The fourth-order valence-electron chi connectivity index (χ4n) is 2.12. The van der Waals surface area contributed by atoms with Gasteiger partial charge in [-0.3, -0.25) is 0 Å². The number of aryl methyl sites for hydroxylation is 1. The van der Waals surface area contributed by atoms with Crippen LogP contribution >= 0.6 is 0 Å². The molecule has 102 valence electrons. The lowest BCUT2D eigenvalue weighted by molar-refractivity contribution is 0.151. The van der Waals surface area contributed by atoms with Crippen LogP contribution in [0.1, 0.15) is 69.4 Å². The molecule has 0 fully saturated rings. The summed E-state index contributed by atoms with van der Waals surface area (Å²) in [5.41, 5.74) is 1.30. The van der Waals surface area contributed by atoms with E-state index in [2.05, 4.69) is 6.92 Å². The molecule has 0 heterocycles. The van der Waals surface area contributed by atoms with Crippen molar-refractivity contribution in [2.24, 2.45) is 0 Å². The molecule has 0 saturated heterocycles. The van der Waals surface area contributed by atoms with E-state index >= 15 is 0 Å². The molecule has 0 nitrogen and oxygen atoms in total. The van der Waals surface area contributed by atoms with Gasteiger partial charge in [0, 0.05) is 5.56 Å². The summed E-state index contributed by atoms with van der Waals surface area (Å²) in [4.78, 5) is 0. The van der Waals surface area contributed by atoms with Crippen LogP contribution in [-0.4, -0.2) is 0 Å². The van der Waals surface area contributed by atoms with Crippen molar-refractivity contribution >= 4 is 0 Å². The van der Waals surface area contributed by atoms with E-state index in [9.17, 15) is 8.78 Å². The van der Waals surface area contributed by atoms with E-state index in [0.29, 0.717) is 0 Å². The van der Waals surface area contributed by atoms with E-state index in [1.807, 2.05) is 12.1 Å². The van der Waals surface area contributed by atoms with E-state index in [4.69, 9.17) is 0 Å². The maximum atomic E-state index is 12.4. The molecule has 1 aromatic carbocycles. The molecule has 0 aromatic heterocycles. The van der Waals surface area contributed by atoms with Gasteiger partial charge in [0.15, 0.2) is 0 Å². The van der Waals surface area contributed by atoms with Crippen LogP contribution in [0.25, 0.3) is 0 Å². The minimum atomic E-state index is -2.35. The second kappa shape index (κ2) is 9.07. The number of alkyl halides is 2. The van der Waals surface area contributed by atoms with Crippen molar-refractivity contribution in [1.29, 1.82) is 0 Å². The fraction of sp³-hybridized carbons (Fsp3) is 0.625. The Hall–Kier alpha value is -0.920. The molecule has 0 aliphatic rings. The van der Waals surface area contributed by atoms with Crippen LogP contribution in [0.15, 0.2) is 24.3 Å². The standard InChI is InChI=1S/C16H24F2/c1-2-3-4-5-6-7-8-9-14-10-12-15(13-11-14)16(17)18/h10-13,16H,2-9H2,1H3. The summed E-state index contributed by atoms with van der Waals surface area (Å²) < 4.78 is 24.7. The summed E-state index contributed by atoms with van der Waals surface area (Å²) in [5.74, 6) is 0. The highest BCUT2D eigenvalue weighted by Crippen LogP contribution is 2.19. The van der Waals surface area contributed by atoms with Crippen molar-refractivity contribution in [2.45, 2.75) is 64.7 Å². The number of hydrogen-bond donors (Lipinski definition) is 0. The SMILES string of the molecule is CCCCCCCCCc1ccc(C(F)F)cc1. The average molecular weight is 254 g/mol. The highest BCUT2D eigenvalue weighted by atomic mass is 19.3. The van der Waals surface area contributed by atoms with Gasteiger partial charge in [-0.05, 0) is 18.4 Å². The van der Waals surface area contributed by atoms with Crippen molar-refractivity contribution in [1.82, 2.24) is 0 Å². The second-order valence-corrected chi connectivity index (χ2v) is 4.91. The Bertz CT molecular complexity index is 303. The van der Waals surface area contributed by atoms with Crippen molar-refractivity contribution in [3.05, 3.63) is 35.4 Å². The smallest absolute Gasteiger partial charge is 0.205 e. The van der Waals surface area contributed by atoms with Crippen LogP contribution in [0, 0.1) is 0 Å². The molecular formula is C16H24F2. The third-order valence-corrected chi connectivity index (χ3v) is 3.30.